The fraction of sp³-hybridized carbons (Fsp3) is 1.00. The van der Waals surface area contributed by atoms with Gasteiger partial charge in [0, 0.05) is 6.42 Å². The number of nitrogens with two attached hydrogens (primary N) is 1. The van der Waals surface area contributed by atoms with E-state index in [0.29, 0.717) is 6.54 Å². The van der Waals surface area contributed by atoms with Crippen molar-refractivity contribution in [3.05, 3.63) is 0 Å². The Kier molecular flexibility index (Phi) is 3.04. The van der Waals surface area contributed by atoms with Gasteiger partial charge < -0.3 is 5.73 Å². The Hall–Kier alpha value is -0.180. The van der Waals surface area contributed by atoms with Gasteiger partial charge in [-0.15, -0.1) is 0 Å². The molecule has 0 radical (unpaired) electrons. The van der Waals surface area contributed by atoms with Crippen LogP contribution in [0.15, 0.2) is 0 Å². The van der Waals surface area contributed by atoms with Crippen molar-refractivity contribution < 1.29 is 8.78 Å². The van der Waals surface area contributed by atoms with Crippen LogP contribution in [0.5, 0.6) is 0 Å². The molecule has 0 aliphatic rings. The van der Waals surface area contributed by atoms with Crippen molar-refractivity contribution in [1.82, 2.24) is 0 Å². The van der Waals surface area contributed by atoms with E-state index in [0.717, 1.165) is 6.92 Å². The third-order valence-electron chi connectivity index (χ3n) is 1.11. The monoisotopic (exact) mass is 137 g/mol. The molecule has 1 nitrogen and oxygen atoms in total. The van der Waals surface area contributed by atoms with E-state index in [1.807, 2.05) is 0 Å². The van der Waals surface area contributed by atoms with E-state index in [2.05, 4.69) is 0 Å². The van der Waals surface area contributed by atoms with Crippen molar-refractivity contribution in [1.29, 1.82) is 0 Å². The molecule has 3 heteroatoms. The zero-order valence-corrected chi connectivity index (χ0v) is 5.82. The maximum Gasteiger partial charge on any atom is 0.245 e. The van der Waals surface area contributed by atoms with Crippen LogP contribution in [-0.2, 0) is 0 Å². The van der Waals surface area contributed by atoms with Crippen molar-refractivity contribution >= 4 is 0 Å². The molecule has 0 aliphatic heterocycles. The fourth-order valence-electron chi connectivity index (χ4n) is 0.695. The van der Waals surface area contributed by atoms with Crippen molar-refractivity contribution in [2.24, 2.45) is 11.7 Å². The first-order valence-corrected chi connectivity index (χ1v) is 3.03. The summed E-state index contributed by atoms with van der Waals surface area (Å²) in [6, 6.07) is 0. The molecule has 0 aliphatic carbocycles. The molecule has 0 saturated heterocycles. The Morgan fingerprint density at radius 3 is 2.11 bits per heavy atom. The largest absolute Gasteiger partial charge is 0.330 e. The van der Waals surface area contributed by atoms with Crippen molar-refractivity contribution in [3.8, 4) is 0 Å². The lowest BCUT2D eigenvalue weighted by atomic mass is 10.0. The molecule has 1 atom stereocenters. The highest BCUT2D eigenvalue weighted by molar-refractivity contribution is 4.63. The molecule has 0 unspecified atom stereocenters. The smallest absolute Gasteiger partial charge is 0.245 e. The van der Waals surface area contributed by atoms with Crippen LogP contribution in [0.25, 0.3) is 0 Å². The SMILES string of the molecule is C[C@@H](CN)CC(C)(F)F. The van der Waals surface area contributed by atoms with E-state index in [4.69, 9.17) is 5.73 Å². The minimum atomic E-state index is -2.56. The van der Waals surface area contributed by atoms with Crippen LogP contribution in [0.2, 0.25) is 0 Å². The van der Waals surface area contributed by atoms with Gasteiger partial charge in [0.1, 0.15) is 0 Å². The Morgan fingerprint density at radius 1 is 1.56 bits per heavy atom. The molecule has 0 rings (SSSR count). The predicted molar refractivity (Wildman–Crippen MR) is 33.5 cm³/mol. The van der Waals surface area contributed by atoms with Gasteiger partial charge >= 0.3 is 0 Å². The third-order valence-corrected chi connectivity index (χ3v) is 1.11. The number of hydrogen-bond donors (Lipinski definition) is 1. The van der Waals surface area contributed by atoms with Gasteiger partial charge in [-0.1, -0.05) is 6.92 Å². The molecule has 9 heavy (non-hydrogen) atoms. The van der Waals surface area contributed by atoms with Crippen molar-refractivity contribution in [2.45, 2.75) is 26.2 Å². The summed E-state index contributed by atoms with van der Waals surface area (Å²) in [5.41, 5.74) is 5.15. The lowest BCUT2D eigenvalue weighted by molar-refractivity contribution is -0.000176. The Morgan fingerprint density at radius 2 is 2.00 bits per heavy atom. The molecule has 2 N–H and O–H groups in total. The molecule has 0 amide bonds. The lowest BCUT2D eigenvalue weighted by Gasteiger charge is -2.13. The lowest BCUT2D eigenvalue weighted by Crippen LogP contribution is -2.20. The van der Waals surface area contributed by atoms with Crippen LogP contribution in [0.3, 0.4) is 0 Å². The highest BCUT2D eigenvalue weighted by atomic mass is 19.3. The second-order valence-corrected chi connectivity index (χ2v) is 2.62. The van der Waals surface area contributed by atoms with Gasteiger partial charge in [0.25, 0.3) is 0 Å². The highest BCUT2D eigenvalue weighted by Crippen LogP contribution is 2.21. The van der Waals surface area contributed by atoms with E-state index in [1.54, 1.807) is 6.92 Å². The normalized spacial score (nSPS) is 15.7. The number of hydrogen-bond acceptors (Lipinski definition) is 1. The fourth-order valence-corrected chi connectivity index (χ4v) is 0.695. The highest BCUT2D eigenvalue weighted by Gasteiger charge is 2.23. The molecule has 0 aromatic rings. The van der Waals surface area contributed by atoms with Crippen LogP contribution in [0, 0.1) is 5.92 Å². The second kappa shape index (κ2) is 3.11. The molecular formula is C6H13F2N. The predicted octanol–water partition coefficient (Wildman–Crippen LogP) is 1.63. The Balaban J connectivity index is 3.47. The van der Waals surface area contributed by atoms with Gasteiger partial charge in [-0.3, -0.25) is 0 Å². The number of halogens is 2. The zero-order valence-electron chi connectivity index (χ0n) is 5.82. The van der Waals surface area contributed by atoms with E-state index in [1.165, 1.54) is 0 Å². The molecule has 0 saturated carbocycles. The van der Waals surface area contributed by atoms with Crippen LogP contribution in [0.1, 0.15) is 20.3 Å². The average Bonchev–Trinajstić information content (AvgIpc) is 1.62. The molecule has 0 aromatic heterocycles. The first-order chi connectivity index (χ1) is 3.95. The summed E-state index contributed by atoms with van der Waals surface area (Å²) < 4.78 is 24.2. The summed E-state index contributed by atoms with van der Waals surface area (Å²) in [7, 11) is 0. The summed E-state index contributed by atoms with van der Waals surface area (Å²) in [6.07, 6.45) is -0.108. The van der Waals surface area contributed by atoms with E-state index in [-0.39, 0.29) is 12.3 Å². The van der Waals surface area contributed by atoms with E-state index in [9.17, 15) is 8.78 Å². The van der Waals surface area contributed by atoms with Crippen LogP contribution in [0.4, 0.5) is 8.78 Å². The van der Waals surface area contributed by atoms with E-state index < -0.39 is 5.92 Å². The molecule has 0 heterocycles. The summed E-state index contributed by atoms with van der Waals surface area (Å²) in [4.78, 5) is 0. The quantitative estimate of drug-likeness (QED) is 0.628. The van der Waals surface area contributed by atoms with Crippen LogP contribution >= 0.6 is 0 Å². The minimum absolute atomic E-state index is 0.0787. The van der Waals surface area contributed by atoms with Crippen LogP contribution < -0.4 is 5.73 Å². The maximum absolute atomic E-state index is 12.1. The van der Waals surface area contributed by atoms with Gasteiger partial charge in [-0.25, -0.2) is 8.78 Å². The van der Waals surface area contributed by atoms with Gasteiger partial charge in [0.2, 0.25) is 5.92 Å². The molecule has 56 valence electrons. The summed E-state index contributed by atoms with van der Waals surface area (Å²) in [6.45, 7) is 2.97. The summed E-state index contributed by atoms with van der Waals surface area (Å²) >= 11 is 0. The van der Waals surface area contributed by atoms with Gasteiger partial charge in [-0.05, 0) is 19.4 Å². The summed E-state index contributed by atoms with van der Waals surface area (Å²) in [5.74, 6) is -2.64. The minimum Gasteiger partial charge on any atom is -0.330 e. The number of alkyl halides is 2. The maximum atomic E-state index is 12.1. The standard InChI is InChI=1S/C6H13F2N/c1-5(4-9)3-6(2,7)8/h5H,3-4,9H2,1-2H3/t5-/m1/s1. The average molecular weight is 137 g/mol. The van der Waals surface area contributed by atoms with Gasteiger partial charge in [-0.2, -0.15) is 0 Å². The molecule has 0 bridgehead atoms. The van der Waals surface area contributed by atoms with E-state index >= 15 is 0 Å². The van der Waals surface area contributed by atoms with Crippen molar-refractivity contribution in [3.63, 3.8) is 0 Å². The second-order valence-electron chi connectivity index (χ2n) is 2.62. The van der Waals surface area contributed by atoms with Crippen LogP contribution in [-0.4, -0.2) is 12.5 Å². The molecule has 0 spiro atoms. The Bertz CT molecular complexity index is 77.6. The van der Waals surface area contributed by atoms with Gasteiger partial charge in [0.15, 0.2) is 0 Å². The first kappa shape index (κ1) is 8.82. The molecule has 0 fully saturated rings. The molecular weight excluding hydrogens is 124 g/mol. The topological polar surface area (TPSA) is 26.0 Å². The third kappa shape index (κ3) is 5.69. The molecule has 0 aromatic carbocycles. The first-order valence-electron chi connectivity index (χ1n) is 3.03. The summed E-state index contributed by atoms with van der Waals surface area (Å²) in [5, 5.41) is 0. The van der Waals surface area contributed by atoms with Gasteiger partial charge in [0.05, 0.1) is 0 Å². The van der Waals surface area contributed by atoms with Crippen molar-refractivity contribution in [2.75, 3.05) is 6.54 Å². The number of rotatable bonds is 3. The Labute approximate surface area is 54.2 Å². The zero-order chi connectivity index (χ0) is 7.49.